The van der Waals surface area contributed by atoms with Crippen molar-refractivity contribution in [1.29, 1.82) is 0 Å². The number of nitro groups is 1. The molecule has 2 amide bonds. The summed E-state index contributed by atoms with van der Waals surface area (Å²) < 4.78 is 6.77. The molecule has 0 fully saturated rings. The van der Waals surface area contributed by atoms with E-state index in [0.29, 0.717) is 17.1 Å². The van der Waals surface area contributed by atoms with Crippen LogP contribution < -0.4 is 10.1 Å². The average Bonchev–Trinajstić information content (AvgIpc) is 3.23. The molecule has 3 rings (SSSR count). The molecule has 0 saturated carbocycles. The van der Waals surface area contributed by atoms with Crippen molar-refractivity contribution in [3.8, 4) is 11.4 Å². The van der Waals surface area contributed by atoms with Crippen molar-refractivity contribution in [2.75, 3.05) is 26.0 Å². The van der Waals surface area contributed by atoms with E-state index >= 15 is 0 Å². The molecule has 0 bridgehead atoms. The van der Waals surface area contributed by atoms with Crippen LogP contribution in [0, 0.1) is 10.1 Å². The van der Waals surface area contributed by atoms with E-state index in [9.17, 15) is 19.7 Å². The summed E-state index contributed by atoms with van der Waals surface area (Å²) >= 11 is 0. The van der Waals surface area contributed by atoms with Gasteiger partial charge >= 0.3 is 0 Å². The Morgan fingerprint density at radius 2 is 1.90 bits per heavy atom. The topological polar surface area (TPSA) is 120 Å². The summed E-state index contributed by atoms with van der Waals surface area (Å²) in [4.78, 5) is 35.8. The van der Waals surface area contributed by atoms with E-state index in [1.54, 1.807) is 56.7 Å². The molecule has 0 radical (unpaired) electrons. The van der Waals surface area contributed by atoms with Crippen LogP contribution in [-0.2, 0) is 4.79 Å². The monoisotopic (exact) mass is 409 g/mol. The van der Waals surface area contributed by atoms with Crippen LogP contribution in [0.2, 0.25) is 0 Å². The summed E-state index contributed by atoms with van der Waals surface area (Å²) in [6, 6.07) is 14.0. The minimum Gasteiger partial charge on any atom is -0.484 e. The van der Waals surface area contributed by atoms with Gasteiger partial charge in [-0.2, -0.15) is 5.10 Å². The maximum Gasteiger partial charge on any atom is 0.276 e. The van der Waals surface area contributed by atoms with E-state index in [1.165, 1.54) is 27.8 Å². The lowest BCUT2D eigenvalue weighted by Gasteiger charge is -2.11. The van der Waals surface area contributed by atoms with E-state index in [0.717, 1.165) is 0 Å². The molecule has 30 heavy (non-hydrogen) atoms. The summed E-state index contributed by atoms with van der Waals surface area (Å²) in [5.74, 6) is -0.0968. The van der Waals surface area contributed by atoms with Crippen molar-refractivity contribution in [3.05, 3.63) is 76.6 Å². The van der Waals surface area contributed by atoms with Crippen molar-refractivity contribution in [1.82, 2.24) is 14.7 Å². The maximum absolute atomic E-state index is 12.4. The molecule has 0 aliphatic heterocycles. The SMILES string of the molecule is CN(C)C(=O)COc1ccc(NC(=O)c2ccn(-c3cccc([N+](=O)[O-])c3)n2)cc1. The number of likely N-dealkylation sites (N-methyl/N-ethyl adjacent to an activating group) is 1. The molecule has 10 heteroatoms. The lowest BCUT2D eigenvalue weighted by atomic mass is 10.3. The number of benzene rings is 2. The van der Waals surface area contributed by atoms with E-state index in [1.807, 2.05) is 0 Å². The fourth-order valence-corrected chi connectivity index (χ4v) is 2.44. The van der Waals surface area contributed by atoms with Gasteiger partial charge in [0.1, 0.15) is 5.75 Å². The Morgan fingerprint density at radius 3 is 2.57 bits per heavy atom. The number of rotatable bonds is 7. The molecule has 0 atom stereocenters. The fourth-order valence-electron chi connectivity index (χ4n) is 2.44. The zero-order valence-corrected chi connectivity index (χ0v) is 16.3. The predicted octanol–water partition coefficient (Wildman–Crippen LogP) is 2.50. The van der Waals surface area contributed by atoms with E-state index in [2.05, 4.69) is 10.4 Å². The zero-order valence-electron chi connectivity index (χ0n) is 16.3. The molecule has 1 heterocycles. The molecule has 0 aliphatic rings. The molecule has 0 unspecified atom stereocenters. The summed E-state index contributed by atoms with van der Waals surface area (Å²) in [6.07, 6.45) is 1.55. The zero-order chi connectivity index (χ0) is 21.7. The number of hydrogen-bond acceptors (Lipinski definition) is 6. The van der Waals surface area contributed by atoms with Crippen LogP contribution in [0.3, 0.4) is 0 Å². The molecule has 3 aromatic rings. The van der Waals surface area contributed by atoms with Gasteiger partial charge in [0.05, 0.1) is 10.6 Å². The summed E-state index contributed by atoms with van der Waals surface area (Å²) in [7, 11) is 3.29. The predicted molar refractivity (Wildman–Crippen MR) is 109 cm³/mol. The molecule has 1 aromatic heterocycles. The lowest BCUT2D eigenvalue weighted by Crippen LogP contribution is -2.27. The summed E-state index contributed by atoms with van der Waals surface area (Å²) in [5, 5.41) is 17.8. The Morgan fingerprint density at radius 1 is 1.17 bits per heavy atom. The van der Waals surface area contributed by atoms with Gasteiger partial charge in [-0.3, -0.25) is 19.7 Å². The molecule has 1 N–H and O–H groups in total. The Bertz CT molecular complexity index is 1080. The number of carbonyl (C=O) groups excluding carboxylic acids is 2. The fraction of sp³-hybridized carbons (Fsp3) is 0.150. The van der Waals surface area contributed by atoms with Gasteiger partial charge in [-0.1, -0.05) is 6.07 Å². The quantitative estimate of drug-likeness (QED) is 0.473. The normalized spacial score (nSPS) is 10.3. The largest absolute Gasteiger partial charge is 0.484 e. The molecule has 10 nitrogen and oxygen atoms in total. The van der Waals surface area contributed by atoms with E-state index in [4.69, 9.17) is 4.74 Å². The smallest absolute Gasteiger partial charge is 0.276 e. The second-order valence-corrected chi connectivity index (χ2v) is 6.48. The standard InChI is InChI=1S/C20H19N5O5/c1-23(2)19(26)13-30-17-8-6-14(7-9-17)21-20(27)18-10-11-24(22-18)15-4-3-5-16(12-15)25(28)29/h3-12H,13H2,1-2H3,(H,21,27). The van der Waals surface area contributed by atoms with Gasteiger partial charge in [0.25, 0.3) is 17.5 Å². The van der Waals surface area contributed by atoms with Gasteiger partial charge in [-0.25, -0.2) is 4.68 Å². The number of nitrogens with one attached hydrogen (secondary N) is 1. The van der Waals surface area contributed by atoms with E-state index in [-0.39, 0.29) is 23.9 Å². The van der Waals surface area contributed by atoms with Gasteiger partial charge in [-0.05, 0) is 36.4 Å². The van der Waals surface area contributed by atoms with Crippen LogP contribution in [0.5, 0.6) is 5.75 Å². The number of nitro benzene ring substituents is 1. The Balaban J connectivity index is 1.63. The van der Waals surface area contributed by atoms with Crippen LogP contribution in [0.15, 0.2) is 60.8 Å². The first-order valence-corrected chi connectivity index (χ1v) is 8.88. The van der Waals surface area contributed by atoms with Gasteiger partial charge in [-0.15, -0.1) is 0 Å². The van der Waals surface area contributed by atoms with Gasteiger partial charge in [0.2, 0.25) is 0 Å². The number of amides is 2. The minimum absolute atomic E-state index is 0.0661. The Labute approximate surface area is 171 Å². The van der Waals surface area contributed by atoms with Crippen LogP contribution in [-0.4, -0.2) is 52.1 Å². The first-order chi connectivity index (χ1) is 14.3. The lowest BCUT2D eigenvalue weighted by molar-refractivity contribution is -0.384. The third-order valence-electron chi connectivity index (χ3n) is 4.10. The summed E-state index contributed by atoms with van der Waals surface area (Å²) in [6.45, 7) is -0.0756. The number of ether oxygens (including phenoxy) is 1. The third-order valence-corrected chi connectivity index (χ3v) is 4.10. The van der Waals surface area contributed by atoms with Crippen molar-refractivity contribution in [3.63, 3.8) is 0 Å². The molecule has 2 aromatic carbocycles. The Hall–Kier alpha value is -4.21. The highest BCUT2D eigenvalue weighted by atomic mass is 16.6. The molecular formula is C20H19N5O5. The second-order valence-electron chi connectivity index (χ2n) is 6.48. The number of hydrogen-bond donors (Lipinski definition) is 1. The van der Waals surface area contributed by atoms with Gasteiger partial charge in [0, 0.05) is 38.1 Å². The molecule has 154 valence electrons. The van der Waals surface area contributed by atoms with Gasteiger partial charge < -0.3 is 15.0 Å². The number of non-ortho nitro benzene ring substituents is 1. The highest BCUT2D eigenvalue weighted by Gasteiger charge is 2.13. The average molecular weight is 409 g/mol. The van der Waals surface area contributed by atoms with Crippen molar-refractivity contribution < 1.29 is 19.2 Å². The minimum atomic E-state index is -0.496. The highest BCUT2D eigenvalue weighted by molar-refractivity contribution is 6.02. The molecule has 0 saturated heterocycles. The number of carbonyl (C=O) groups is 2. The second kappa shape index (κ2) is 8.86. The van der Waals surface area contributed by atoms with Crippen LogP contribution in [0.1, 0.15) is 10.5 Å². The molecule has 0 spiro atoms. The number of anilines is 1. The van der Waals surface area contributed by atoms with Crippen LogP contribution in [0.25, 0.3) is 5.69 Å². The highest BCUT2D eigenvalue weighted by Crippen LogP contribution is 2.18. The molecular weight excluding hydrogens is 390 g/mol. The maximum atomic E-state index is 12.4. The van der Waals surface area contributed by atoms with Crippen LogP contribution in [0.4, 0.5) is 11.4 Å². The number of nitrogens with zero attached hydrogens (tertiary/aromatic N) is 4. The van der Waals surface area contributed by atoms with Crippen molar-refractivity contribution in [2.45, 2.75) is 0 Å². The van der Waals surface area contributed by atoms with Gasteiger partial charge in [0.15, 0.2) is 12.3 Å². The van der Waals surface area contributed by atoms with Crippen molar-refractivity contribution >= 4 is 23.2 Å². The van der Waals surface area contributed by atoms with Crippen molar-refractivity contribution in [2.24, 2.45) is 0 Å². The van der Waals surface area contributed by atoms with E-state index < -0.39 is 10.8 Å². The van der Waals surface area contributed by atoms with Crippen LogP contribution >= 0.6 is 0 Å². The summed E-state index contributed by atoms with van der Waals surface area (Å²) in [5.41, 5.74) is 1.08. The first-order valence-electron chi connectivity index (χ1n) is 8.88. The third kappa shape index (κ3) is 4.98. The molecule has 0 aliphatic carbocycles. The Kier molecular flexibility index (Phi) is 6.06. The number of aromatic nitrogens is 2. The first kappa shape index (κ1) is 20.5.